The van der Waals surface area contributed by atoms with Gasteiger partial charge in [-0.1, -0.05) is 39.3 Å². The predicted molar refractivity (Wildman–Crippen MR) is 106 cm³/mol. The normalized spacial score (nSPS) is 11.9. The highest BCUT2D eigenvalue weighted by molar-refractivity contribution is 6.32. The number of carbonyl (C=O) groups excluding carboxylic acids is 1. The molecule has 0 unspecified atom stereocenters. The van der Waals surface area contributed by atoms with Crippen molar-refractivity contribution in [3.05, 3.63) is 23.2 Å². The minimum absolute atomic E-state index is 0.147. The van der Waals surface area contributed by atoms with Crippen molar-refractivity contribution in [2.45, 2.75) is 46.1 Å². The van der Waals surface area contributed by atoms with Gasteiger partial charge in [-0.15, -0.1) is 0 Å². The highest BCUT2D eigenvalue weighted by Gasteiger charge is 2.39. The first-order valence-corrected chi connectivity index (χ1v) is 9.39. The Kier molecular flexibility index (Phi) is 9.41. The lowest BCUT2D eigenvalue weighted by molar-refractivity contribution is -0.142. The van der Waals surface area contributed by atoms with Crippen LogP contribution in [0.25, 0.3) is 0 Å². The van der Waals surface area contributed by atoms with Crippen molar-refractivity contribution in [3.8, 4) is 5.75 Å². The summed E-state index contributed by atoms with van der Waals surface area (Å²) in [6.07, 6.45) is 1.30. The third-order valence-electron chi connectivity index (χ3n) is 4.02. The summed E-state index contributed by atoms with van der Waals surface area (Å²) < 4.78 is 16.2. The topological polar surface area (TPSA) is 56.8 Å². The Morgan fingerprint density at radius 1 is 1.12 bits per heavy atom. The molecule has 0 heterocycles. The van der Waals surface area contributed by atoms with Gasteiger partial charge >= 0.3 is 0 Å². The molecule has 6 heteroatoms. The third-order valence-corrected chi connectivity index (χ3v) is 4.31. The van der Waals surface area contributed by atoms with Crippen LogP contribution in [-0.4, -0.2) is 38.9 Å². The van der Waals surface area contributed by atoms with Gasteiger partial charge in [-0.3, -0.25) is 4.79 Å². The highest BCUT2D eigenvalue weighted by Crippen LogP contribution is 2.32. The lowest BCUT2D eigenvalue weighted by Gasteiger charge is -2.34. The van der Waals surface area contributed by atoms with Gasteiger partial charge in [0.2, 0.25) is 0 Å². The predicted octanol–water partition coefficient (Wildman–Crippen LogP) is 4.78. The van der Waals surface area contributed by atoms with Crippen LogP contribution in [0.4, 0.5) is 5.69 Å². The molecule has 148 valence electrons. The molecular formula is C20H32ClNO4. The Morgan fingerprint density at radius 2 is 1.73 bits per heavy atom. The maximum absolute atomic E-state index is 13.0. The van der Waals surface area contributed by atoms with Crippen molar-refractivity contribution < 1.29 is 19.0 Å². The van der Waals surface area contributed by atoms with E-state index in [1.165, 1.54) is 0 Å². The fourth-order valence-electron chi connectivity index (χ4n) is 3.02. The number of benzene rings is 1. The Morgan fingerprint density at radius 3 is 2.19 bits per heavy atom. The van der Waals surface area contributed by atoms with Gasteiger partial charge in [0, 0.05) is 19.9 Å². The van der Waals surface area contributed by atoms with Crippen molar-refractivity contribution in [3.63, 3.8) is 0 Å². The van der Waals surface area contributed by atoms with Gasteiger partial charge in [0.1, 0.15) is 18.0 Å². The monoisotopic (exact) mass is 385 g/mol. The van der Waals surface area contributed by atoms with E-state index in [-0.39, 0.29) is 5.91 Å². The Labute approximate surface area is 162 Å². The summed E-state index contributed by atoms with van der Waals surface area (Å²) in [4.78, 5) is 13.0. The Hall–Kier alpha value is -1.30. The molecule has 0 aromatic heterocycles. The van der Waals surface area contributed by atoms with Crippen molar-refractivity contribution >= 4 is 23.2 Å². The molecule has 1 aromatic rings. The van der Waals surface area contributed by atoms with Gasteiger partial charge in [-0.25, -0.2) is 0 Å². The molecule has 1 aromatic carbocycles. The number of rotatable bonds is 11. The first-order valence-electron chi connectivity index (χ1n) is 9.02. The molecule has 0 saturated carbocycles. The summed E-state index contributed by atoms with van der Waals surface area (Å²) in [5.74, 6) is 1.08. The van der Waals surface area contributed by atoms with Crippen LogP contribution in [0, 0.1) is 11.8 Å². The molecule has 0 bridgehead atoms. The van der Waals surface area contributed by atoms with E-state index >= 15 is 0 Å². The maximum atomic E-state index is 13.0. The van der Waals surface area contributed by atoms with E-state index in [1.54, 1.807) is 32.4 Å². The van der Waals surface area contributed by atoms with E-state index in [1.807, 2.05) is 0 Å². The van der Waals surface area contributed by atoms with Crippen molar-refractivity contribution in [1.29, 1.82) is 0 Å². The summed E-state index contributed by atoms with van der Waals surface area (Å²) in [7, 11) is 3.21. The number of anilines is 1. The van der Waals surface area contributed by atoms with Crippen LogP contribution in [0.3, 0.4) is 0 Å². The molecule has 1 amide bonds. The van der Waals surface area contributed by atoms with E-state index in [9.17, 15) is 4.79 Å². The molecule has 0 aliphatic rings. The van der Waals surface area contributed by atoms with Crippen LogP contribution < -0.4 is 10.1 Å². The number of halogens is 1. The van der Waals surface area contributed by atoms with Crippen LogP contribution in [-0.2, 0) is 14.3 Å². The van der Waals surface area contributed by atoms with Gasteiger partial charge in [0.05, 0.1) is 11.6 Å². The van der Waals surface area contributed by atoms with Gasteiger partial charge in [-0.05, 0) is 42.9 Å². The number of hydrogen-bond donors (Lipinski definition) is 1. The number of ether oxygens (including phenoxy) is 3. The standard InChI is InChI=1S/C20H32ClNO4/c1-14(2)12-20(25-6,13-15(3)4)19(23)22-16-7-8-18(17(21)11-16)26-10-9-24-5/h7-8,11,14-15H,9-10,12-13H2,1-6H3,(H,22,23). The number of carbonyl (C=O) groups is 1. The SMILES string of the molecule is COCCOc1ccc(NC(=O)C(CC(C)C)(CC(C)C)OC)cc1Cl. The van der Waals surface area contributed by atoms with Gasteiger partial charge in [0.15, 0.2) is 0 Å². The molecule has 0 radical (unpaired) electrons. The van der Waals surface area contributed by atoms with E-state index in [0.29, 0.717) is 54.4 Å². The number of nitrogens with one attached hydrogen (secondary N) is 1. The quantitative estimate of drug-likeness (QED) is 0.557. The Bertz CT molecular complexity index is 565. The largest absolute Gasteiger partial charge is 0.490 e. The maximum Gasteiger partial charge on any atom is 0.256 e. The average Bonchev–Trinajstić information content (AvgIpc) is 2.55. The van der Waals surface area contributed by atoms with Crippen LogP contribution in [0.15, 0.2) is 18.2 Å². The molecule has 0 saturated heterocycles. The van der Waals surface area contributed by atoms with Crippen LogP contribution in [0.2, 0.25) is 5.02 Å². The fraction of sp³-hybridized carbons (Fsp3) is 0.650. The third kappa shape index (κ3) is 6.78. The molecule has 0 fully saturated rings. The zero-order chi connectivity index (χ0) is 19.7. The second-order valence-corrected chi connectivity index (χ2v) is 7.74. The molecule has 5 nitrogen and oxygen atoms in total. The first-order chi connectivity index (χ1) is 12.2. The van der Waals surface area contributed by atoms with E-state index < -0.39 is 5.60 Å². The zero-order valence-corrected chi connectivity index (χ0v) is 17.5. The van der Waals surface area contributed by atoms with Gasteiger partial charge < -0.3 is 19.5 Å². The van der Waals surface area contributed by atoms with Crippen molar-refractivity contribution in [2.24, 2.45) is 11.8 Å². The summed E-state index contributed by atoms with van der Waals surface area (Å²) in [5, 5.41) is 3.39. The number of hydrogen-bond acceptors (Lipinski definition) is 4. The first kappa shape index (κ1) is 22.7. The number of methoxy groups -OCH3 is 2. The molecule has 0 spiro atoms. The summed E-state index contributed by atoms with van der Waals surface area (Å²) in [5.41, 5.74) is -0.240. The van der Waals surface area contributed by atoms with Crippen LogP contribution in [0.5, 0.6) is 5.75 Å². The molecular weight excluding hydrogens is 354 g/mol. The minimum Gasteiger partial charge on any atom is -0.490 e. The van der Waals surface area contributed by atoms with Gasteiger partial charge in [0.25, 0.3) is 5.91 Å². The summed E-state index contributed by atoms with van der Waals surface area (Å²) in [6.45, 7) is 9.25. The van der Waals surface area contributed by atoms with Crippen molar-refractivity contribution in [1.82, 2.24) is 0 Å². The van der Waals surface area contributed by atoms with Crippen LogP contribution in [0.1, 0.15) is 40.5 Å². The summed E-state index contributed by atoms with van der Waals surface area (Å²) >= 11 is 6.26. The van der Waals surface area contributed by atoms with E-state index in [4.69, 9.17) is 25.8 Å². The molecule has 0 aliphatic carbocycles. The number of amides is 1. The smallest absolute Gasteiger partial charge is 0.256 e. The highest BCUT2D eigenvalue weighted by atomic mass is 35.5. The van der Waals surface area contributed by atoms with E-state index in [2.05, 4.69) is 33.0 Å². The molecule has 1 rings (SSSR count). The second kappa shape index (κ2) is 10.8. The second-order valence-electron chi connectivity index (χ2n) is 7.33. The zero-order valence-electron chi connectivity index (χ0n) is 16.7. The molecule has 0 atom stereocenters. The lowest BCUT2D eigenvalue weighted by atomic mass is 9.84. The lowest BCUT2D eigenvalue weighted by Crippen LogP contribution is -2.46. The molecule has 0 aliphatic heterocycles. The average molecular weight is 386 g/mol. The minimum atomic E-state index is -0.859. The molecule has 26 heavy (non-hydrogen) atoms. The van der Waals surface area contributed by atoms with Crippen LogP contribution >= 0.6 is 11.6 Å². The molecule has 1 N–H and O–H groups in total. The fourth-order valence-corrected chi connectivity index (χ4v) is 3.26. The summed E-state index contributed by atoms with van der Waals surface area (Å²) in [6, 6.07) is 5.21. The Balaban J connectivity index is 2.92. The van der Waals surface area contributed by atoms with Gasteiger partial charge in [-0.2, -0.15) is 0 Å². The van der Waals surface area contributed by atoms with Crippen molar-refractivity contribution in [2.75, 3.05) is 32.8 Å². The van der Waals surface area contributed by atoms with E-state index in [0.717, 1.165) is 0 Å².